The third-order valence-corrected chi connectivity index (χ3v) is 4.02. The molecule has 4 nitrogen and oxygen atoms in total. The Hall–Kier alpha value is -0.610. The standard InChI is InChI=1S/C14H26N2O2/c1-11(2)13(17)16-6-4-12(5-7-16)15-8-14(3)9-18-10-14/h11-12,15H,4-10H2,1-3H3. The third-order valence-electron chi connectivity index (χ3n) is 4.02. The van der Waals surface area contributed by atoms with E-state index in [1.54, 1.807) is 0 Å². The lowest BCUT2D eigenvalue weighted by Crippen LogP contribution is -2.52. The highest BCUT2D eigenvalue weighted by Crippen LogP contribution is 2.26. The second-order valence-corrected chi connectivity index (χ2v) is 6.44. The summed E-state index contributed by atoms with van der Waals surface area (Å²) in [5.41, 5.74) is 0.338. The van der Waals surface area contributed by atoms with E-state index in [0.717, 1.165) is 45.7 Å². The first kappa shape index (κ1) is 13.8. The summed E-state index contributed by atoms with van der Waals surface area (Å²) in [7, 11) is 0. The summed E-state index contributed by atoms with van der Waals surface area (Å²) in [6.45, 7) is 10.8. The van der Waals surface area contributed by atoms with Gasteiger partial charge in [-0.25, -0.2) is 0 Å². The summed E-state index contributed by atoms with van der Waals surface area (Å²) in [6.07, 6.45) is 2.16. The molecule has 2 aliphatic heterocycles. The highest BCUT2D eigenvalue weighted by Gasteiger charge is 2.34. The average molecular weight is 254 g/mol. The lowest BCUT2D eigenvalue weighted by atomic mass is 9.88. The minimum Gasteiger partial charge on any atom is -0.380 e. The smallest absolute Gasteiger partial charge is 0.225 e. The van der Waals surface area contributed by atoms with Crippen LogP contribution in [0.2, 0.25) is 0 Å². The van der Waals surface area contributed by atoms with Crippen molar-refractivity contribution in [3.8, 4) is 0 Å². The van der Waals surface area contributed by atoms with Gasteiger partial charge >= 0.3 is 0 Å². The number of rotatable bonds is 4. The zero-order chi connectivity index (χ0) is 13.2. The fourth-order valence-corrected chi connectivity index (χ4v) is 2.61. The number of carbonyl (C=O) groups excluding carboxylic acids is 1. The maximum absolute atomic E-state index is 11.9. The number of hydrogen-bond acceptors (Lipinski definition) is 3. The van der Waals surface area contributed by atoms with Crippen molar-refractivity contribution in [2.24, 2.45) is 11.3 Å². The molecule has 1 amide bonds. The first-order valence-corrected chi connectivity index (χ1v) is 7.10. The van der Waals surface area contributed by atoms with E-state index < -0.39 is 0 Å². The van der Waals surface area contributed by atoms with Crippen molar-refractivity contribution in [3.63, 3.8) is 0 Å². The monoisotopic (exact) mass is 254 g/mol. The van der Waals surface area contributed by atoms with E-state index in [2.05, 4.69) is 12.2 Å². The molecule has 0 unspecified atom stereocenters. The number of piperidine rings is 1. The number of hydrogen-bond donors (Lipinski definition) is 1. The Balaban J connectivity index is 1.68. The van der Waals surface area contributed by atoms with Gasteiger partial charge in [0.25, 0.3) is 0 Å². The van der Waals surface area contributed by atoms with E-state index in [-0.39, 0.29) is 5.92 Å². The number of carbonyl (C=O) groups is 1. The molecule has 0 aliphatic carbocycles. The summed E-state index contributed by atoms with van der Waals surface area (Å²) < 4.78 is 5.26. The molecule has 2 saturated heterocycles. The molecule has 0 bridgehead atoms. The van der Waals surface area contributed by atoms with Crippen LogP contribution >= 0.6 is 0 Å². The molecule has 2 aliphatic rings. The molecule has 0 radical (unpaired) electrons. The molecule has 2 rings (SSSR count). The summed E-state index contributed by atoms with van der Waals surface area (Å²) in [4.78, 5) is 13.9. The Bertz CT molecular complexity index is 292. The SMILES string of the molecule is CC(C)C(=O)N1CCC(NCC2(C)COC2)CC1. The van der Waals surface area contributed by atoms with E-state index in [4.69, 9.17) is 4.74 Å². The molecule has 1 N–H and O–H groups in total. The molecule has 0 atom stereocenters. The van der Waals surface area contributed by atoms with Gasteiger partial charge in [0.05, 0.1) is 13.2 Å². The Labute approximate surface area is 110 Å². The fraction of sp³-hybridized carbons (Fsp3) is 0.929. The highest BCUT2D eigenvalue weighted by molar-refractivity contribution is 5.78. The van der Waals surface area contributed by atoms with Crippen LogP contribution < -0.4 is 5.32 Å². The van der Waals surface area contributed by atoms with Crippen LogP contribution in [0, 0.1) is 11.3 Å². The van der Waals surface area contributed by atoms with Crippen molar-refractivity contribution in [1.82, 2.24) is 10.2 Å². The van der Waals surface area contributed by atoms with E-state index >= 15 is 0 Å². The van der Waals surface area contributed by atoms with Crippen LogP contribution in [0.4, 0.5) is 0 Å². The molecule has 0 aromatic rings. The number of ether oxygens (including phenoxy) is 1. The van der Waals surface area contributed by atoms with E-state index in [9.17, 15) is 4.79 Å². The number of nitrogens with one attached hydrogen (secondary N) is 1. The zero-order valence-electron chi connectivity index (χ0n) is 11.9. The van der Waals surface area contributed by atoms with Gasteiger partial charge in [0.1, 0.15) is 0 Å². The summed E-state index contributed by atoms with van der Waals surface area (Å²) in [5.74, 6) is 0.424. The molecule has 2 fully saturated rings. The van der Waals surface area contributed by atoms with Crippen molar-refractivity contribution in [1.29, 1.82) is 0 Å². The predicted molar refractivity (Wildman–Crippen MR) is 71.4 cm³/mol. The van der Waals surface area contributed by atoms with Crippen LogP contribution in [0.5, 0.6) is 0 Å². The summed E-state index contributed by atoms with van der Waals surface area (Å²) in [6, 6.07) is 0.568. The van der Waals surface area contributed by atoms with Crippen molar-refractivity contribution < 1.29 is 9.53 Å². The lowest BCUT2D eigenvalue weighted by molar-refractivity contribution is -0.135. The second kappa shape index (κ2) is 5.57. The predicted octanol–water partition coefficient (Wildman–Crippen LogP) is 1.26. The van der Waals surface area contributed by atoms with Gasteiger partial charge in [0.2, 0.25) is 5.91 Å². The third kappa shape index (κ3) is 3.23. The van der Waals surface area contributed by atoms with Crippen molar-refractivity contribution in [3.05, 3.63) is 0 Å². The molecule has 104 valence electrons. The molecule has 0 saturated carbocycles. The Morgan fingerprint density at radius 2 is 2.00 bits per heavy atom. The lowest BCUT2D eigenvalue weighted by Gasteiger charge is -2.40. The van der Waals surface area contributed by atoms with Crippen LogP contribution in [-0.4, -0.2) is 49.7 Å². The number of amides is 1. The first-order chi connectivity index (χ1) is 8.50. The largest absolute Gasteiger partial charge is 0.380 e. The van der Waals surface area contributed by atoms with Gasteiger partial charge in [-0.1, -0.05) is 20.8 Å². The second-order valence-electron chi connectivity index (χ2n) is 6.44. The molecule has 18 heavy (non-hydrogen) atoms. The minimum atomic E-state index is 0.126. The molecule has 2 heterocycles. The number of likely N-dealkylation sites (tertiary alicyclic amines) is 1. The van der Waals surface area contributed by atoms with Crippen molar-refractivity contribution in [2.75, 3.05) is 32.8 Å². The quantitative estimate of drug-likeness (QED) is 0.821. The van der Waals surface area contributed by atoms with Gasteiger partial charge in [-0.15, -0.1) is 0 Å². The van der Waals surface area contributed by atoms with Gasteiger partial charge in [0.15, 0.2) is 0 Å². The molecular weight excluding hydrogens is 228 g/mol. The fourth-order valence-electron chi connectivity index (χ4n) is 2.61. The van der Waals surface area contributed by atoms with E-state index in [0.29, 0.717) is 17.4 Å². The normalized spacial score (nSPS) is 24.1. The van der Waals surface area contributed by atoms with Gasteiger partial charge < -0.3 is 15.0 Å². The van der Waals surface area contributed by atoms with Crippen LogP contribution in [0.1, 0.15) is 33.6 Å². The first-order valence-electron chi connectivity index (χ1n) is 7.10. The van der Waals surface area contributed by atoms with Crippen LogP contribution in [-0.2, 0) is 9.53 Å². The van der Waals surface area contributed by atoms with Crippen molar-refractivity contribution in [2.45, 2.75) is 39.7 Å². The summed E-state index contributed by atoms with van der Waals surface area (Å²) in [5, 5.41) is 3.63. The summed E-state index contributed by atoms with van der Waals surface area (Å²) >= 11 is 0. The van der Waals surface area contributed by atoms with Gasteiger partial charge in [-0.05, 0) is 12.8 Å². The molecule has 0 aromatic heterocycles. The van der Waals surface area contributed by atoms with Gasteiger partial charge in [-0.3, -0.25) is 4.79 Å². The Kier molecular flexibility index (Phi) is 4.28. The van der Waals surface area contributed by atoms with Gasteiger partial charge in [0, 0.05) is 37.0 Å². The number of nitrogens with zero attached hydrogens (tertiary/aromatic N) is 1. The van der Waals surface area contributed by atoms with Crippen LogP contribution in [0.3, 0.4) is 0 Å². The zero-order valence-corrected chi connectivity index (χ0v) is 11.9. The molecular formula is C14H26N2O2. The van der Waals surface area contributed by atoms with Gasteiger partial charge in [-0.2, -0.15) is 0 Å². The topological polar surface area (TPSA) is 41.6 Å². The maximum atomic E-state index is 11.9. The van der Waals surface area contributed by atoms with Crippen LogP contribution in [0.25, 0.3) is 0 Å². The molecule has 4 heteroatoms. The van der Waals surface area contributed by atoms with Crippen molar-refractivity contribution >= 4 is 5.91 Å². The van der Waals surface area contributed by atoms with Crippen LogP contribution in [0.15, 0.2) is 0 Å². The molecule has 0 spiro atoms. The van der Waals surface area contributed by atoms with E-state index in [1.165, 1.54) is 0 Å². The highest BCUT2D eigenvalue weighted by atomic mass is 16.5. The Morgan fingerprint density at radius 3 is 2.44 bits per heavy atom. The average Bonchev–Trinajstić information content (AvgIpc) is 2.33. The maximum Gasteiger partial charge on any atom is 0.225 e. The Morgan fingerprint density at radius 1 is 1.39 bits per heavy atom. The van der Waals surface area contributed by atoms with E-state index in [1.807, 2.05) is 18.7 Å². The minimum absolute atomic E-state index is 0.126. The molecule has 0 aromatic carbocycles.